The lowest BCUT2D eigenvalue weighted by Gasteiger charge is -2.18. The molecule has 2 rings (SSSR count). The third kappa shape index (κ3) is 3.35. The highest BCUT2D eigenvalue weighted by Gasteiger charge is 2.17. The second-order valence-electron chi connectivity index (χ2n) is 4.48. The van der Waals surface area contributed by atoms with Crippen molar-refractivity contribution >= 4 is 11.4 Å². The van der Waals surface area contributed by atoms with Gasteiger partial charge in [0.05, 0.1) is 14.2 Å². The Hall–Kier alpha value is -2.47. The standard InChI is InChI=1S/C15H18FN3O2/c1-20-11-7-12(14(16)13(8-11)21-2)15(18)19-10-5-3-9(17)4-6-10/h3-8,15,19H,17-18H2,1-2H3. The van der Waals surface area contributed by atoms with Crippen LogP contribution in [0, 0.1) is 5.82 Å². The number of methoxy groups -OCH3 is 2. The van der Waals surface area contributed by atoms with Gasteiger partial charge in [0, 0.05) is 23.0 Å². The van der Waals surface area contributed by atoms with Gasteiger partial charge in [-0.15, -0.1) is 0 Å². The monoisotopic (exact) mass is 291 g/mol. The number of halogens is 1. The van der Waals surface area contributed by atoms with Crippen LogP contribution in [-0.2, 0) is 0 Å². The lowest BCUT2D eigenvalue weighted by atomic mass is 10.1. The number of nitrogens with one attached hydrogen (secondary N) is 1. The van der Waals surface area contributed by atoms with E-state index in [0.29, 0.717) is 11.4 Å². The summed E-state index contributed by atoms with van der Waals surface area (Å²) in [5.74, 6) is 0.0328. The predicted octanol–water partition coefficient (Wildman–Crippen LogP) is 2.49. The van der Waals surface area contributed by atoms with E-state index in [0.717, 1.165) is 5.69 Å². The van der Waals surface area contributed by atoms with Crippen LogP contribution in [0.5, 0.6) is 11.5 Å². The summed E-state index contributed by atoms with van der Waals surface area (Å²) in [5, 5.41) is 3.00. The number of anilines is 2. The van der Waals surface area contributed by atoms with E-state index in [1.54, 1.807) is 24.3 Å². The molecule has 0 aromatic heterocycles. The molecule has 0 aliphatic carbocycles. The SMILES string of the molecule is COc1cc(OC)c(F)c(C(N)Nc2ccc(N)cc2)c1. The summed E-state index contributed by atoms with van der Waals surface area (Å²) in [6.07, 6.45) is -0.752. The van der Waals surface area contributed by atoms with Crippen LogP contribution < -0.4 is 26.3 Å². The summed E-state index contributed by atoms with van der Waals surface area (Å²) in [4.78, 5) is 0. The van der Waals surface area contributed by atoms with Crippen LogP contribution in [0.15, 0.2) is 36.4 Å². The molecule has 6 heteroatoms. The topological polar surface area (TPSA) is 82.5 Å². The van der Waals surface area contributed by atoms with E-state index in [4.69, 9.17) is 20.9 Å². The van der Waals surface area contributed by atoms with Gasteiger partial charge in [-0.25, -0.2) is 4.39 Å². The zero-order chi connectivity index (χ0) is 15.4. The van der Waals surface area contributed by atoms with Gasteiger partial charge >= 0.3 is 0 Å². The lowest BCUT2D eigenvalue weighted by Crippen LogP contribution is -2.21. The van der Waals surface area contributed by atoms with E-state index in [1.807, 2.05) is 0 Å². The molecule has 2 aromatic rings. The highest BCUT2D eigenvalue weighted by Crippen LogP contribution is 2.30. The maximum Gasteiger partial charge on any atom is 0.171 e. The van der Waals surface area contributed by atoms with Gasteiger partial charge in [0.2, 0.25) is 0 Å². The molecule has 0 heterocycles. The van der Waals surface area contributed by atoms with Crippen molar-refractivity contribution in [1.29, 1.82) is 0 Å². The molecule has 0 amide bonds. The van der Waals surface area contributed by atoms with E-state index in [9.17, 15) is 4.39 Å². The molecule has 112 valence electrons. The Morgan fingerprint density at radius 1 is 1.10 bits per heavy atom. The maximum atomic E-state index is 14.3. The van der Waals surface area contributed by atoms with Crippen molar-refractivity contribution in [3.05, 3.63) is 47.8 Å². The number of benzene rings is 2. The first-order chi connectivity index (χ1) is 10.0. The summed E-state index contributed by atoms with van der Waals surface area (Å²) in [5.41, 5.74) is 13.3. The van der Waals surface area contributed by atoms with E-state index >= 15 is 0 Å². The zero-order valence-corrected chi connectivity index (χ0v) is 11.9. The van der Waals surface area contributed by atoms with Crippen LogP contribution in [0.3, 0.4) is 0 Å². The van der Waals surface area contributed by atoms with Gasteiger partial charge in [-0.3, -0.25) is 0 Å². The molecule has 0 bridgehead atoms. The number of hydrogen-bond donors (Lipinski definition) is 3. The zero-order valence-electron chi connectivity index (χ0n) is 11.9. The van der Waals surface area contributed by atoms with Gasteiger partial charge < -0.3 is 26.3 Å². The molecule has 0 saturated carbocycles. The number of nitrogens with two attached hydrogens (primary N) is 2. The van der Waals surface area contributed by atoms with Crippen LogP contribution in [-0.4, -0.2) is 14.2 Å². The smallest absolute Gasteiger partial charge is 0.171 e. The van der Waals surface area contributed by atoms with Crippen molar-refractivity contribution in [3.8, 4) is 11.5 Å². The molecule has 21 heavy (non-hydrogen) atoms. The first-order valence-electron chi connectivity index (χ1n) is 6.34. The fourth-order valence-electron chi connectivity index (χ4n) is 1.92. The van der Waals surface area contributed by atoms with Gasteiger partial charge in [0.25, 0.3) is 0 Å². The fraction of sp³-hybridized carbons (Fsp3) is 0.200. The number of rotatable bonds is 5. The molecule has 0 saturated heterocycles. The summed E-state index contributed by atoms with van der Waals surface area (Å²) in [6.45, 7) is 0. The van der Waals surface area contributed by atoms with E-state index < -0.39 is 12.0 Å². The van der Waals surface area contributed by atoms with Gasteiger partial charge in [-0.2, -0.15) is 0 Å². The summed E-state index contributed by atoms with van der Waals surface area (Å²) >= 11 is 0. The average Bonchev–Trinajstić information content (AvgIpc) is 2.49. The Morgan fingerprint density at radius 3 is 2.33 bits per heavy atom. The lowest BCUT2D eigenvalue weighted by molar-refractivity contribution is 0.370. The Kier molecular flexibility index (Phi) is 4.49. The van der Waals surface area contributed by atoms with Crippen molar-refractivity contribution in [2.75, 3.05) is 25.3 Å². The molecule has 1 unspecified atom stereocenters. The molecule has 5 N–H and O–H groups in total. The molecule has 2 aromatic carbocycles. The van der Waals surface area contributed by atoms with E-state index in [1.165, 1.54) is 26.4 Å². The molecule has 0 aliphatic heterocycles. The minimum absolute atomic E-state index is 0.0823. The molecule has 0 radical (unpaired) electrons. The molecule has 0 fully saturated rings. The van der Waals surface area contributed by atoms with E-state index in [2.05, 4.69) is 5.32 Å². The Bertz CT molecular complexity index is 617. The second kappa shape index (κ2) is 6.32. The van der Waals surface area contributed by atoms with E-state index in [-0.39, 0.29) is 11.3 Å². The van der Waals surface area contributed by atoms with Crippen molar-refractivity contribution in [3.63, 3.8) is 0 Å². The molecule has 1 atom stereocenters. The first kappa shape index (κ1) is 14.9. The largest absolute Gasteiger partial charge is 0.497 e. The van der Waals surface area contributed by atoms with Crippen LogP contribution in [0.25, 0.3) is 0 Å². The number of ether oxygens (including phenoxy) is 2. The highest BCUT2D eigenvalue weighted by molar-refractivity contribution is 5.53. The molecule has 0 spiro atoms. The maximum absolute atomic E-state index is 14.3. The van der Waals surface area contributed by atoms with Crippen molar-refractivity contribution in [2.45, 2.75) is 6.17 Å². The second-order valence-corrected chi connectivity index (χ2v) is 4.48. The molecule has 0 aliphatic rings. The van der Waals surface area contributed by atoms with Gasteiger partial charge in [0.15, 0.2) is 11.6 Å². The highest BCUT2D eigenvalue weighted by atomic mass is 19.1. The van der Waals surface area contributed by atoms with Gasteiger partial charge in [0.1, 0.15) is 11.9 Å². The van der Waals surface area contributed by atoms with Crippen LogP contribution >= 0.6 is 0 Å². The van der Waals surface area contributed by atoms with Gasteiger partial charge in [-0.05, 0) is 30.3 Å². The van der Waals surface area contributed by atoms with Crippen molar-refractivity contribution < 1.29 is 13.9 Å². The van der Waals surface area contributed by atoms with Crippen molar-refractivity contribution in [1.82, 2.24) is 0 Å². The normalized spacial score (nSPS) is 11.8. The Balaban J connectivity index is 2.29. The average molecular weight is 291 g/mol. The Morgan fingerprint density at radius 2 is 1.76 bits per heavy atom. The summed E-state index contributed by atoms with van der Waals surface area (Å²) in [6, 6.07) is 10.0. The predicted molar refractivity (Wildman–Crippen MR) is 80.9 cm³/mol. The quantitative estimate of drug-likeness (QED) is 0.582. The minimum Gasteiger partial charge on any atom is -0.497 e. The number of nitrogen functional groups attached to an aromatic ring is 1. The van der Waals surface area contributed by atoms with Crippen molar-refractivity contribution in [2.24, 2.45) is 5.73 Å². The fourth-order valence-corrected chi connectivity index (χ4v) is 1.92. The molecule has 5 nitrogen and oxygen atoms in total. The third-order valence-corrected chi connectivity index (χ3v) is 3.06. The molecular weight excluding hydrogens is 273 g/mol. The first-order valence-corrected chi connectivity index (χ1v) is 6.34. The third-order valence-electron chi connectivity index (χ3n) is 3.06. The summed E-state index contributed by atoms with van der Waals surface area (Å²) in [7, 11) is 2.88. The minimum atomic E-state index is -0.752. The summed E-state index contributed by atoms with van der Waals surface area (Å²) < 4.78 is 24.4. The molecular formula is C15H18FN3O2. The number of hydrogen-bond acceptors (Lipinski definition) is 5. The van der Waals surface area contributed by atoms with Crippen LogP contribution in [0.2, 0.25) is 0 Å². The Labute approximate surface area is 122 Å². The van der Waals surface area contributed by atoms with Crippen LogP contribution in [0.1, 0.15) is 11.7 Å². The van der Waals surface area contributed by atoms with Gasteiger partial charge in [-0.1, -0.05) is 0 Å². The van der Waals surface area contributed by atoms with Crippen LogP contribution in [0.4, 0.5) is 15.8 Å².